The van der Waals surface area contributed by atoms with E-state index in [9.17, 15) is 4.79 Å². The number of hydrogen-bond donors (Lipinski definition) is 2. The molecule has 1 aromatic rings. The van der Waals surface area contributed by atoms with Gasteiger partial charge in [0, 0.05) is 18.7 Å². The Hall–Kier alpha value is -1.39. The Bertz CT molecular complexity index is 451. The lowest BCUT2D eigenvalue weighted by atomic mass is 10.0. The lowest BCUT2D eigenvalue weighted by Gasteiger charge is -2.38. The van der Waals surface area contributed by atoms with Crippen molar-refractivity contribution in [3.05, 3.63) is 34.9 Å². The summed E-state index contributed by atoms with van der Waals surface area (Å²) in [6, 6.07) is 5.68. The minimum absolute atomic E-state index is 0.404. The molecule has 18 heavy (non-hydrogen) atoms. The predicted octanol–water partition coefficient (Wildman–Crippen LogP) is 1.24. The average Bonchev–Trinajstić information content (AvgIpc) is 2.28. The third-order valence-corrected chi connectivity index (χ3v) is 3.74. The van der Waals surface area contributed by atoms with Crippen molar-refractivity contribution in [2.75, 3.05) is 33.2 Å². The van der Waals surface area contributed by atoms with Crippen LogP contribution in [0.1, 0.15) is 21.5 Å². The Morgan fingerprint density at radius 1 is 1.39 bits per heavy atom. The van der Waals surface area contributed by atoms with E-state index in [1.807, 2.05) is 19.1 Å². The third-order valence-electron chi connectivity index (χ3n) is 3.74. The number of nitrogens with one attached hydrogen (secondary N) is 1. The molecule has 4 heteroatoms. The number of likely N-dealkylation sites (N-methyl/N-ethyl adjacent to an activating group) is 1. The first-order valence-corrected chi connectivity index (χ1v) is 6.37. The molecule has 2 rings (SSSR count). The highest BCUT2D eigenvalue weighted by molar-refractivity contribution is 5.89. The SMILES string of the molecule is Cc1cc(C[N+]2(C)CCNCC2)ccc1C(=O)O. The standard InChI is InChI=1S/C14H20N2O2/c1-11-9-12(3-4-13(11)14(17)18)10-16(2)7-5-15-6-8-16/h3-4,9,15H,5-8,10H2,1-2H3/p+1. The first-order chi connectivity index (χ1) is 8.50. The van der Waals surface area contributed by atoms with Crippen molar-refractivity contribution < 1.29 is 14.4 Å². The number of rotatable bonds is 3. The molecule has 98 valence electrons. The summed E-state index contributed by atoms with van der Waals surface area (Å²) in [5.74, 6) is -0.846. The minimum atomic E-state index is -0.846. The fraction of sp³-hybridized carbons (Fsp3) is 0.500. The molecule has 0 atom stereocenters. The molecule has 4 nitrogen and oxygen atoms in total. The van der Waals surface area contributed by atoms with Gasteiger partial charge in [-0.1, -0.05) is 6.07 Å². The maximum atomic E-state index is 11.0. The number of carboxylic acids is 1. The van der Waals surface area contributed by atoms with Gasteiger partial charge in [-0.3, -0.25) is 0 Å². The van der Waals surface area contributed by atoms with Crippen LogP contribution < -0.4 is 5.32 Å². The van der Waals surface area contributed by atoms with Crippen molar-refractivity contribution in [2.45, 2.75) is 13.5 Å². The Kier molecular flexibility index (Phi) is 3.68. The zero-order chi connectivity index (χ0) is 13.2. The lowest BCUT2D eigenvalue weighted by Crippen LogP contribution is -2.55. The Morgan fingerprint density at radius 2 is 2.06 bits per heavy atom. The molecule has 0 radical (unpaired) electrons. The molecule has 1 aliphatic heterocycles. The molecule has 1 heterocycles. The highest BCUT2D eigenvalue weighted by atomic mass is 16.4. The summed E-state index contributed by atoms with van der Waals surface area (Å²) in [4.78, 5) is 11.0. The van der Waals surface area contributed by atoms with Crippen LogP contribution in [0, 0.1) is 6.92 Å². The molecule has 1 aromatic carbocycles. The molecule has 2 N–H and O–H groups in total. The van der Waals surface area contributed by atoms with E-state index in [1.165, 1.54) is 5.56 Å². The Labute approximate surface area is 108 Å². The molecule has 1 fully saturated rings. The number of quaternary nitrogens is 1. The zero-order valence-corrected chi connectivity index (χ0v) is 11.1. The Balaban J connectivity index is 2.14. The van der Waals surface area contributed by atoms with Crippen LogP contribution in [0.4, 0.5) is 0 Å². The summed E-state index contributed by atoms with van der Waals surface area (Å²) in [6.45, 7) is 7.21. The maximum absolute atomic E-state index is 11.0. The third kappa shape index (κ3) is 2.89. The molecule has 0 amide bonds. The zero-order valence-electron chi connectivity index (χ0n) is 11.1. The van der Waals surface area contributed by atoms with Crippen molar-refractivity contribution in [3.63, 3.8) is 0 Å². The molecule has 1 saturated heterocycles. The van der Waals surface area contributed by atoms with Crippen molar-refractivity contribution >= 4 is 5.97 Å². The van der Waals surface area contributed by atoms with E-state index in [1.54, 1.807) is 6.07 Å². The molecule has 0 unspecified atom stereocenters. The van der Waals surface area contributed by atoms with Crippen LogP contribution in [0.25, 0.3) is 0 Å². The monoisotopic (exact) mass is 249 g/mol. The number of nitrogens with zero attached hydrogens (tertiary/aromatic N) is 1. The quantitative estimate of drug-likeness (QED) is 0.793. The van der Waals surface area contributed by atoms with E-state index in [0.717, 1.165) is 42.8 Å². The molecular formula is C14H21N2O2+. The molecule has 0 saturated carbocycles. The fourth-order valence-corrected chi connectivity index (χ4v) is 2.60. The summed E-state index contributed by atoms with van der Waals surface area (Å²) >= 11 is 0. The molecule has 1 aliphatic rings. The Morgan fingerprint density at radius 3 is 2.61 bits per heavy atom. The second-order valence-electron chi connectivity index (χ2n) is 5.43. The van der Waals surface area contributed by atoms with Crippen molar-refractivity contribution in [3.8, 4) is 0 Å². The van der Waals surface area contributed by atoms with Gasteiger partial charge in [-0.05, 0) is 24.6 Å². The first-order valence-electron chi connectivity index (χ1n) is 6.37. The minimum Gasteiger partial charge on any atom is -0.478 e. The van der Waals surface area contributed by atoms with Crippen molar-refractivity contribution in [1.29, 1.82) is 0 Å². The largest absolute Gasteiger partial charge is 0.478 e. The van der Waals surface area contributed by atoms with Gasteiger partial charge in [0.25, 0.3) is 0 Å². The number of carbonyl (C=O) groups is 1. The van der Waals surface area contributed by atoms with Crippen LogP contribution in [0.5, 0.6) is 0 Å². The van der Waals surface area contributed by atoms with Gasteiger partial charge in [0.05, 0.1) is 25.7 Å². The fourth-order valence-electron chi connectivity index (χ4n) is 2.60. The van der Waals surface area contributed by atoms with Gasteiger partial charge < -0.3 is 14.9 Å². The summed E-state index contributed by atoms with van der Waals surface area (Å²) < 4.78 is 1.03. The van der Waals surface area contributed by atoms with Crippen LogP contribution >= 0.6 is 0 Å². The summed E-state index contributed by atoms with van der Waals surface area (Å²) in [5.41, 5.74) is 2.48. The van der Waals surface area contributed by atoms with Crippen LogP contribution in [0.15, 0.2) is 18.2 Å². The second kappa shape index (κ2) is 5.08. The van der Waals surface area contributed by atoms with E-state index < -0.39 is 5.97 Å². The van der Waals surface area contributed by atoms with Gasteiger partial charge >= 0.3 is 5.97 Å². The van der Waals surface area contributed by atoms with Crippen LogP contribution in [-0.2, 0) is 6.54 Å². The number of aromatic carboxylic acids is 1. The van der Waals surface area contributed by atoms with Gasteiger partial charge in [-0.2, -0.15) is 0 Å². The number of piperazine rings is 1. The van der Waals surface area contributed by atoms with Crippen LogP contribution in [0.2, 0.25) is 0 Å². The van der Waals surface area contributed by atoms with Gasteiger partial charge in [0.15, 0.2) is 0 Å². The van der Waals surface area contributed by atoms with Gasteiger partial charge in [0.2, 0.25) is 0 Å². The molecule has 0 spiro atoms. The van der Waals surface area contributed by atoms with Gasteiger partial charge in [0.1, 0.15) is 6.54 Å². The lowest BCUT2D eigenvalue weighted by molar-refractivity contribution is -0.924. The number of hydrogen-bond acceptors (Lipinski definition) is 2. The molecule has 0 bridgehead atoms. The summed E-state index contributed by atoms with van der Waals surface area (Å²) in [6.07, 6.45) is 0. The smallest absolute Gasteiger partial charge is 0.335 e. The van der Waals surface area contributed by atoms with Gasteiger partial charge in [-0.15, -0.1) is 0 Å². The average molecular weight is 249 g/mol. The van der Waals surface area contributed by atoms with E-state index in [0.29, 0.717) is 5.56 Å². The number of benzene rings is 1. The summed E-state index contributed by atoms with van der Waals surface area (Å²) in [5, 5.41) is 12.4. The summed E-state index contributed by atoms with van der Waals surface area (Å²) in [7, 11) is 2.27. The van der Waals surface area contributed by atoms with E-state index in [-0.39, 0.29) is 0 Å². The molecular weight excluding hydrogens is 228 g/mol. The molecule has 0 aliphatic carbocycles. The highest BCUT2D eigenvalue weighted by Gasteiger charge is 2.24. The highest BCUT2D eigenvalue weighted by Crippen LogP contribution is 2.17. The van der Waals surface area contributed by atoms with E-state index in [2.05, 4.69) is 12.4 Å². The second-order valence-corrected chi connectivity index (χ2v) is 5.43. The maximum Gasteiger partial charge on any atom is 0.335 e. The topological polar surface area (TPSA) is 49.3 Å². The normalized spacial score (nSPS) is 18.6. The van der Waals surface area contributed by atoms with Crippen molar-refractivity contribution in [2.24, 2.45) is 0 Å². The first kappa shape index (κ1) is 13.1. The van der Waals surface area contributed by atoms with Gasteiger partial charge in [-0.25, -0.2) is 4.79 Å². The van der Waals surface area contributed by atoms with E-state index in [4.69, 9.17) is 5.11 Å². The number of aryl methyl sites for hydroxylation is 1. The van der Waals surface area contributed by atoms with Crippen LogP contribution in [-0.4, -0.2) is 48.8 Å². The van der Waals surface area contributed by atoms with E-state index >= 15 is 0 Å². The van der Waals surface area contributed by atoms with Crippen LogP contribution in [0.3, 0.4) is 0 Å². The predicted molar refractivity (Wildman–Crippen MR) is 70.6 cm³/mol. The van der Waals surface area contributed by atoms with Crippen molar-refractivity contribution in [1.82, 2.24) is 5.32 Å². The number of carboxylic acid groups (broad SMARTS) is 1. The molecule has 0 aromatic heterocycles.